The highest BCUT2D eigenvalue weighted by Crippen LogP contribution is 2.39. The van der Waals surface area contributed by atoms with E-state index in [1.165, 1.54) is 62.9 Å². The molecule has 7 N–H and O–H groups in total. The van der Waals surface area contributed by atoms with Crippen LogP contribution in [0.3, 0.4) is 0 Å². The molecule has 1 amide bonds. The number of carbonyl (C=O) groups is 2. The van der Waals surface area contributed by atoms with Gasteiger partial charge in [0.15, 0.2) is 6.23 Å². The quantitative estimate of drug-likeness (QED) is 0.0896. The van der Waals surface area contributed by atoms with Crippen LogP contribution >= 0.6 is 0 Å². The number of amides is 1. The highest BCUT2D eigenvalue weighted by Gasteiger charge is 2.57. The van der Waals surface area contributed by atoms with E-state index in [2.05, 4.69) is 11.9 Å². The first kappa shape index (κ1) is 37.8. The Morgan fingerprint density at radius 2 is 1.52 bits per heavy atom. The van der Waals surface area contributed by atoms with Crippen molar-refractivity contribution in [1.82, 2.24) is 14.6 Å². The van der Waals surface area contributed by atoms with E-state index in [1.807, 2.05) is 0 Å². The standard InChI is InChI=1S/C32H55N5O9/c1-2-3-4-5-6-7-8-9-10-11-12-13-14-16-24(39)44-21-22-25(30(34)42)28(46-37(22)19-15-18-33)29-26(40)27(41)31(45-29)36-20-17-23(38)35-32(36)43/h17,20,22,25-29,31,40-41H,2-16,18-19,21,33H2,1H3,(H2,34,42)(H,35,38,43)/t22-,25+,26+,27-,28+,29+,31-/m1/s1. The smallest absolute Gasteiger partial charge is 0.330 e. The molecule has 0 unspecified atom stereocenters. The van der Waals surface area contributed by atoms with Gasteiger partial charge >= 0.3 is 11.7 Å². The Balaban J connectivity index is 1.48. The number of hydroxylamine groups is 2. The van der Waals surface area contributed by atoms with Gasteiger partial charge in [0, 0.05) is 25.2 Å². The van der Waals surface area contributed by atoms with E-state index in [1.54, 1.807) is 0 Å². The number of H-pyrrole nitrogens is 1. The maximum atomic E-state index is 12.7. The summed E-state index contributed by atoms with van der Waals surface area (Å²) in [6.07, 6.45) is 10.5. The number of primary amides is 1. The minimum absolute atomic E-state index is 0.180. The lowest BCUT2D eigenvalue weighted by Crippen LogP contribution is -2.48. The van der Waals surface area contributed by atoms with Crippen molar-refractivity contribution in [3.8, 4) is 0 Å². The van der Waals surface area contributed by atoms with Crippen molar-refractivity contribution in [3.05, 3.63) is 33.1 Å². The van der Waals surface area contributed by atoms with Crippen LogP contribution in [0.25, 0.3) is 0 Å². The summed E-state index contributed by atoms with van der Waals surface area (Å²) < 4.78 is 12.4. The third-order valence-corrected chi connectivity index (χ3v) is 8.93. The van der Waals surface area contributed by atoms with Crippen LogP contribution in [0.1, 0.15) is 109 Å². The van der Waals surface area contributed by atoms with Crippen LogP contribution in [-0.4, -0.2) is 86.9 Å². The molecular formula is C32H55N5O9. The van der Waals surface area contributed by atoms with E-state index < -0.39 is 65.7 Å². The fraction of sp³-hybridized carbons (Fsp3) is 0.812. The van der Waals surface area contributed by atoms with Crippen molar-refractivity contribution >= 4 is 11.9 Å². The number of hydrogen-bond acceptors (Lipinski definition) is 11. The number of aliphatic hydroxyl groups excluding tert-OH is 2. The maximum absolute atomic E-state index is 12.7. The molecule has 14 nitrogen and oxygen atoms in total. The molecule has 0 spiro atoms. The number of rotatable bonds is 22. The van der Waals surface area contributed by atoms with Crippen LogP contribution in [0.5, 0.6) is 0 Å². The lowest BCUT2D eigenvalue weighted by Gasteiger charge is -2.24. The van der Waals surface area contributed by atoms with Gasteiger partial charge in [-0.05, 0) is 19.4 Å². The second-order valence-electron chi connectivity index (χ2n) is 12.5. The zero-order valence-corrected chi connectivity index (χ0v) is 27.2. The van der Waals surface area contributed by atoms with Crippen molar-refractivity contribution in [2.75, 3.05) is 19.7 Å². The number of aromatic nitrogens is 2. The Morgan fingerprint density at radius 3 is 2.09 bits per heavy atom. The Morgan fingerprint density at radius 1 is 0.913 bits per heavy atom. The van der Waals surface area contributed by atoms with Gasteiger partial charge in [-0.1, -0.05) is 84.0 Å². The normalized spacial score (nSPS) is 26.5. The van der Waals surface area contributed by atoms with Crippen molar-refractivity contribution in [1.29, 1.82) is 0 Å². The molecule has 2 saturated heterocycles. The topological polar surface area (TPSA) is 212 Å². The molecule has 0 saturated carbocycles. The van der Waals surface area contributed by atoms with Crippen LogP contribution in [0.2, 0.25) is 0 Å². The Bertz CT molecular complexity index is 1180. The number of carbonyl (C=O) groups excluding carboxylic acids is 2. The molecule has 46 heavy (non-hydrogen) atoms. The zero-order valence-electron chi connectivity index (χ0n) is 27.2. The average Bonchev–Trinajstić information content (AvgIpc) is 3.53. The molecule has 0 aliphatic carbocycles. The van der Waals surface area contributed by atoms with E-state index in [0.717, 1.165) is 36.1 Å². The number of aliphatic hydroxyl groups is 2. The largest absolute Gasteiger partial charge is 0.464 e. The van der Waals surface area contributed by atoms with Gasteiger partial charge < -0.3 is 31.2 Å². The molecule has 3 heterocycles. The van der Waals surface area contributed by atoms with E-state index in [4.69, 9.17) is 25.8 Å². The summed E-state index contributed by atoms with van der Waals surface area (Å²) in [6.45, 7) is 2.67. The molecule has 1 aromatic heterocycles. The molecule has 1 aromatic rings. The van der Waals surface area contributed by atoms with Gasteiger partial charge in [0.2, 0.25) is 5.91 Å². The summed E-state index contributed by atoms with van der Waals surface area (Å²) in [5.74, 6) is -2.24. The summed E-state index contributed by atoms with van der Waals surface area (Å²) in [5.41, 5.74) is 10.0. The average molecular weight is 654 g/mol. The number of unbranched alkanes of at least 4 members (excludes halogenated alkanes) is 12. The molecule has 14 heteroatoms. The summed E-state index contributed by atoms with van der Waals surface area (Å²) in [4.78, 5) is 57.3. The lowest BCUT2D eigenvalue weighted by atomic mass is 9.89. The minimum Gasteiger partial charge on any atom is -0.464 e. The first-order valence-electron chi connectivity index (χ1n) is 17.1. The summed E-state index contributed by atoms with van der Waals surface area (Å²) in [5, 5.41) is 23.1. The van der Waals surface area contributed by atoms with Gasteiger partial charge in [0.1, 0.15) is 31.0 Å². The molecule has 2 aliphatic heterocycles. The Hall–Kier alpha value is -2.62. The summed E-state index contributed by atoms with van der Waals surface area (Å²) in [7, 11) is 0. The molecule has 0 radical (unpaired) electrons. The van der Waals surface area contributed by atoms with Crippen LogP contribution < -0.4 is 22.7 Å². The second-order valence-corrected chi connectivity index (χ2v) is 12.5. The van der Waals surface area contributed by atoms with Crippen molar-refractivity contribution in [3.63, 3.8) is 0 Å². The third kappa shape index (κ3) is 11.0. The monoisotopic (exact) mass is 653 g/mol. The number of ether oxygens (including phenoxy) is 2. The maximum Gasteiger partial charge on any atom is 0.330 e. The highest BCUT2D eigenvalue weighted by atomic mass is 16.7. The van der Waals surface area contributed by atoms with Gasteiger partial charge in [-0.2, -0.15) is 5.06 Å². The number of nitrogens with zero attached hydrogens (tertiary/aromatic N) is 2. The number of nitrogens with two attached hydrogens (primary N) is 2. The molecule has 2 fully saturated rings. The SMILES string of the molecule is CCCCCCCCCCCCCCCC(=O)OC[C@@H]1[C@H](C(N)=O)[C@@H]([C@H]2O[C@@H](n3ccc(=O)[nH]c3=O)[C@H](O)[C@@H]2O)ON1CCCN. The van der Waals surface area contributed by atoms with E-state index in [0.29, 0.717) is 19.4 Å². The molecule has 0 aromatic carbocycles. The van der Waals surface area contributed by atoms with Crippen molar-refractivity contribution < 1.29 is 34.1 Å². The first-order valence-corrected chi connectivity index (χ1v) is 17.1. The van der Waals surface area contributed by atoms with Crippen LogP contribution in [0, 0.1) is 5.92 Å². The van der Waals surface area contributed by atoms with Crippen LogP contribution in [0.15, 0.2) is 21.9 Å². The molecular weight excluding hydrogens is 598 g/mol. The van der Waals surface area contributed by atoms with Gasteiger partial charge in [-0.25, -0.2) is 4.79 Å². The van der Waals surface area contributed by atoms with Gasteiger partial charge in [0.25, 0.3) is 5.56 Å². The fourth-order valence-corrected chi connectivity index (χ4v) is 6.32. The van der Waals surface area contributed by atoms with Crippen LogP contribution in [0.4, 0.5) is 0 Å². The molecule has 7 atom stereocenters. The Labute approximate surface area is 270 Å². The highest BCUT2D eigenvalue weighted by molar-refractivity contribution is 5.78. The van der Waals surface area contributed by atoms with Gasteiger partial charge in [-0.3, -0.25) is 28.8 Å². The molecule has 2 aliphatic rings. The lowest BCUT2D eigenvalue weighted by molar-refractivity contribution is -0.206. The summed E-state index contributed by atoms with van der Waals surface area (Å²) >= 11 is 0. The van der Waals surface area contributed by atoms with E-state index in [-0.39, 0.29) is 19.6 Å². The third-order valence-electron chi connectivity index (χ3n) is 8.93. The number of nitrogens with one attached hydrogen (secondary N) is 1. The van der Waals surface area contributed by atoms with E-state index in [9.17, 15) is 29.4 Å². The van der Waals surface area contributed by atoms with Gasteiger partial charge in [0.05, 0.1) is 12.0 Å². The fourth-order valence-electron chi connectivity index (χ4n) is 6.32. The van der Waals surface area contributed by atoms with Gasteiger partial charge in [-0.15, -0.1) is 0 Å². The Kier molecular flexibility index (Phi) is 16.4. The predicted octanol–water partition coefficient (Wildman–Crippen LogP) is 1.62. The zero-order chi connectivity index (χ0) is 33.5. The van der Waals surface area contributed by atoms with Crippen molar-refractivity contribution in [2.24, 2.45) is 17.4 Å². The predicted molar refractivity (Wildman–Crippen MR) is 170 cm³/mol. The molecule has 0 bridgehead atoms. The number of hydrogen-bond donors (Lipinski definition) is 5. The van der Waals surface area contributed by atoms with E-state index >= 15 is 0 Å². The number of aromatic amines is 1. The first-order chi connectivity index (χ1) is 22.2. The number of esters is 1. The second kappa shape index (κ2) is 19.9. The minimum atomic E-state index is -1.58. The van der Waals surface area contributed by atoms with Crippen LogP contribution in [-0.2, 0) is 23.9 Å². The molecule has 262 valence electrons. The summed E-state index contributed by atoms with van der Waals surface area (Å²) in [6, 6.07) is 0.291. The molecule has 3 rings (SSSR count). The van der Waals surface area contributed by atoms with Crippen molar-refractivity contribution in [2.45, 2.75) is 140 Å².